The molecule has 0 saturated heterocycles. The first-order chi connectivity index (χ1) is 22.0. The quantitative estimate of drug-likeness (QED) is 0.101. The summed E-state index contributed by atoms with van der Waals surface area (Å²) in [6, 6.07) is 20.1. The van der Waals surface area contributed by atoms with E-state index >= 15 is 0 Å². The van der Waals surface area contributed by atoms with Crippen LogP contribution in [0.5, 0.6) is 11.5 Å². The molecular formula is C38H56O6S. The van der Waals surface area contributed by atoms with E-state index in [0.717, 1.165) is 45.6 Å². The Kier molecular flexibility index (Phi) is 17.8. The number of benzene rings is 3. The predicted molar refractivity (Wildman–Crippen MR) is 186 cm³/mol. The Labute approximate surface area is 275 Å². The van der Waals surface area contributed by atoms with Crippen molar-refractivity contribution in [2.24, 2.45) is 11.8 Å². The minimum atomic E-state index is -0.714. The zero-order chi connectivity index (χ0) is 32.3. The lowest BCUT2D eigenvalue weighted by Gasteiger charge is -2.19. The monoisotopic (exact) mass is 640 g/mol. The molecule has 0 aliphatic rings. The second-order valence-corrected chi connectivity index (χ2v) is 13.1. The molecule has 0 radical (unpaired) electrons. The molecule has 45 heavy (non-hydrogen) atoms. The molecule has 0 heterocycles. The number of hydrogen-bond acceptors (Lipinski definition) is 7. The van der Waals surface area contributed by atoms with Crippen LogP contribution in [0.1, 0.15) is 79.1 Å². The van der Waals surface area contributed by atoms with E-state index in [2.05, 4.69) is 39.8 Å². The van der Waals surface area contributed by atoms with Crippen molar-refractivity contribution in [3.05, 3.63) is 60.7 Å². The van der Waals surface area contributed by atoms with Crippen LogP contribution in [0.4, 0.5) is 0 Å². The van der Waals surface area contributed by atoms with E-state index in [1.165, 1.54) is 32.1 Å². The summed E-state index contributed by atoms with van der Waals surface area (Å²) in [5, 5.41) is 23.1. The summed E-state index contributed by atoms with van der Waals surface area (Å²) < 4.78 is 23.8. The van der Waals surface area contributed by atoms with Crippen molar-refractivity contribution in [1.82, 2.24) is 0 Å². The van der Waals surface area contributed by atoms with Crippen LogP contribution in [-0.4, -0.2) is 62.1 Å². The fourth-order valence-corrected chi connectivity index (χ4v) is 6.24. The van der Waals surface area contributed by atoms with Crippen LogP contribution in [0.3, 0.4) is 0 Å². The van der Waals surface area contributed by atoms with Crippen molar-refractivity contribution >= 4 is 22.5 Å². The number of fused-ring (bicyclic) bond motifs is 1. The zero-order valence-electron chi connectivity index (χ0n) is 27.9. The van der Waals surface area contributed by atoms with Crippen LogP contribution < -0.4 is 9.47 Å². The van der Waals surface area contributed by atoms with E-state index in [4.69, 9.17) is 18.9 Å². The molecule has 0 amide bonds. The number of ether oxygens (including phenoxy) is 4. The number of aliphatic hydroxyl groups excluding tert-OH is 2. The molecular weight excluding hydrogens is 584 g/mol. The highest BCUT2D eigenvalue weighted by Crippen LogP contribution is 2.41. The summed E-state index contributed by atoms with van der Waals surface area (Å²) in [5.41, 5.74) is 0. The Bertz CT molecular complexity index is 1210. The van der Waals surface area contributed by atoms with E-state index in [9.17, 15) is 10.2 Å². The van der Waals surface area contributed by atoms with E-state index in [1.54, 1.807) is 11.8 Å². The molecule has 3 aromatic rings. The van der Waals surface area contributed by atoms with Crippen LogP contribution in [0, 0.1) is 11.8 Å². The van der Waals surface area contributed by atoms with Crippen molar-refractivity contribution in [3.8, 4) is 11.5 Å². The topological polar surface area (TPSA) is 77.4 Å². The second-order valence-electron chi connectivity index (χ2n) is 12.0. The summed E-state index contributed by atoms with van der Waals surface area (Å²) in [4.78, 5) is 2.07. The second kappa shape index (κ2) is 21.5. The van der Waals surface area contributed by atoms with Gasteiger partial charge in [0, 0.05) is 18.1 Å². The Balaban J connectivity index is 1.61. The van der Waals surface area contributed by atoms with Crippen molar-refractivity contribution < 1.29 is 29.2 Å². The highest BCUT2D eigenvalue weighted by molar-refractivity contribution is 7.99. The van der Waals surface area contributed by atoms with Gasteiger partial charge in [0.15, 0.2) is 0 Å². The lowest BCUT2D eigenvalue weighted by Crippen LogP contribution is -2.25. The van der Waals surface area contributed by atoms with Crippen LogP contribution >= 0.6 is 11.8 Å². The average molecular weight is 641 g/mol. The molecule has 0 aliphatic heterocycles. The molecule has 3 rings (SSSR count). The van der Waals surface area contributed by atoms with Crippen molar-refractivity contribution in [2.45, 2.75) is 101 Å². The smallest absolute Gasteiger partial charge is 0.134 e. The van der Waals surface area contributed by atoms with Crippen LogP contribution in [0.15, 0.2) is 70.5 Å². The third-order valence-electron chi connectivity index (χ3n) is 8.16. The van der Waals surface area contributed by atoms with Gasteiger partial charge in [0.25, 0.3) is 0 Å². The SMILES string of the molecule is CCCCC(CC)COCC(O)COc1ccc2c(Sc3ccccc3)c(OCC(O)COCC(CC)CCCC)ccc2c1. The number of hydrogen-bond donors (Lipinski definition) is 2. The zero-order valence-corrected chi connectivity index (χ0v) is 28.7. The van der Waals surface area contributed by atoms with Crippen molar-refractivity contribution in [2.75, 3.05) is 39.6 Å². The van der Waals surface area contributed by atoms with Gasteiger partial charge in [-0.05, 0) is 71.8 Å². The molecule has 7 heteroatoms. The van der Waals surface area contributed by atoms with Gasteiger partial charge in [-0.25, -0.2) is 0 Å². The highest BCUT2D eigenvalue weighted by atomic mass is 32.2. The summed E-state index contributed by atoms with van der Waals surface area (Å²) in [6.45, 7) is 11.0. The van der Waals surface area contributed by atoms with E-state index < -0.39 is 12.2 Å². The van der Waals surface area contributed by atoms with Gasteiger partial charge in [-0.3, -0.25) is 0 Å². The lowest BCUT2D eigenvalue weighted by atomic mass is 10.0. The predicted octanol–water partition coefficient (Wildman–Crippen LogP) is 8.94. The van der Waals surface area contributed by atoms with Crippen LogP contribution in [-0.2, 0) is 9.47 Å². The maximum Gasteiger partial charge on any atom is 0.134 e. The third kappa shape index (κ3) is 13.5. The minimum absolute atomic E-state index is 0.151. The molecule has 0 aromatic heterocycles. The van der Waals surface area contributed by atoms with Gasteiger partial charge in [-0.15, -0.1) is 0 Å². The summed E-state index contributed by atoms with van der Waals surface area (Å²) in [5.74, 6) is 2.49. The summed E-state index contributed by atoms with van der Waals surface area (Å²) in [7, 11) is 0. The largest absolute Gasteiger partial charge is 0.491 e. The first kappa shape index (κ1) is 37.2. The first-order valence-electron chi connectivity index (χ1n) is 17.0. The van der Waals surface area contributed by atoms with Crippen LogP contribution in [0.25, 0.3) is 10.8 Å². The van der Waals surface area contributed by atoms with E-state index in [0.29, 0.717) is 30.8 Å². The average Bonchev–Trinajstić information content (AvgIpc) is 3.06. The van der Waals surface area contributed by atoms with Gasteiger partial charge in [0.05, 0.1) is 18.1 Å². The maximum atomic E-state index is 10.6. The van der Waals surface area contributed by atoms with Crippen molar-refractivity contribution in [3.63, 3.8) is 0 Å². The van der Waals surface area contributed by atoms with Crippen molar-refractivity contribution in [1.29, 1.82) is 0 Å². The fourth-order valence-electron chi connectivity index (χ4n) is 5.19. The van der Waals surface area contributed by atoms with Gasteiger partial charge >= 0.3 is 0 Å². The molecule has 2 N–H and O–H groups in total. The Morgan fingerprint density at radius 3 is 1.82 bits per heavy atom. The van der Waals surface area contributed by atoms with Crippen LogP contribution in [0.2, 0.25) is 0 Å². The molecule has 250 valence electrons. The Hall–Kier alpha value is -2.29. The summed E-state index contributed by atoms with van der Waals surface area (Å²) >= 11 is 1.63. The van der Waals surface area contributed by atoms with Gasteiger partial charge in [-0.2, -0.15) is 0 Å². The van der Waals surface area contributed by atoms with Gasteiger partial charge in [0.2, 0.25) is 0 Å². The minimum Gasteiger partial charge on any atom is -0.491 e. The Morgan fingerprint density at radius 2 is 1.24 bits per heavy atom. The van der Waals surface area contributed by atoms with Gasteiger partial charge in [0.1, 0.15) is 36.9 Å². The normalized spacial score (nSPS) is 14.3. The third-order valence-corrected chi connectivity index (χ3v) is 9.29. The molecule has 0 spiro atoms. The maximum absolute atomic E-state index is 10.6. The first-order valence-corrected chi connectivity index (χ1v) is 17.9. The number of aliphatic hydroxyl groups is 2. The fraction of sp³-hybridized carbons (Fsp3) is 0.579. The van der Waals surface area contributed by atoms with E-state index in [1.807, 2.05) is 48.5 Å². The molecule has 4 atom stereocenters. The molecule has 0 bridgehead atoms. The Morgan fingerprint density at radius 1 is 0.644 bits per heavy atom. The molecule has 6 nitrogen and oxygen atoms in total. The standard InChI is InChI=1S/C38H56O6S/c1-5-9-14-29(7-3)23-41-25-32(39)27-43-34-19-20-36-31(22-34)18-21-37(38(36)45-35-16-12-11-13-17-35)44-28-33(40)26-42-24-30(8-4)15-10-6-2/h11-13,16-22,29-30,32-33,39-40H,5-10,14-15,23-28H2,1-4H3. The number of rotatable bonds is 24. The lowest BCUT2D eigenvalue weighted by molar-refractivity contribution is -0.00148. The summed E-state index contributed by atoms with van der Waals surface area (Å²) in [6.07, 6.45) is 7.91. The van der Waals surface area contributed by atoms with Gasteiger partial charge < -0.3 is 29.2 Å². The molecule has 0 saturated carbocycles. The molecule has 3 aromatic carbocycles. The molecule has 4 unspecified atom stereocenters. The van der Waals surface area contributed by atoms with E-state index in [-0.39, 0.29) is 26.4 Å². The number of unbranched alkanes of at least 4 members (excludes halogenated alkanes) is 2. The molecule has 0 fully saturated rings. The highest BCUT2D eigenvalue weighted by Gasteiger charge is 2.16. The van der Waals surface area contributed by atoms with Gasteiger partial charge in [-0.1, -0.05) is 102 Å². The molecule has 0 aliphatic carbocycles.